The van der Waals surface area contributed by atoms with Crippen molar-refractivity contribution in [1.29, 1.82) is 0 Å². The fourth-order valence-corrected chi connectivity index (χ4v) is 2.02. The molecule has 1 aliphatic carbocycles. The molecule has 2 nitrogen and oxygen atoms in total. The lowest BCUT2D eigenvalue weighted by atomic mass is 9.69. The van der Waals surface area contributed by atoms with E-state index >= 15 is 0 Å². The molecule has 1 atom stereocenters. The summed E-state index contributed by atoms with van der Waals surface area (Å²) in [5.74, 6) is -0.107. The standard InChI is InChI=1S/C14H18O2/c1-14(2)9-8-12(14)16-13(15)10-11-6-4-3-5-7-11/h3-7,12H,8-10H2,1-2H3. The highest BCUT2D eigenvalue weighted by Crippen LogP contribution is 2.42. The molecule has 86 valence electrons. The third-order valence-corrected chi connectivity index (χ3v) is 3.39. The van der Waals surface area contributed by atoms with E-state index in [0.717, 1.165) is 18.4 Å². The third kappa shape index (κ3) is 2.43. The maximum atomic E-state index is 11.7. The average Bonchev–Trinajstić information content (AvgIpc) is 2.26. The molecule has 2 heteroatoms. The lowest BCUT2D eigenvalue weighted by Crippen LogP contribution is -2.43. The van der Waals surface area contributed by atoms with Crippen molar-refractivity contribution in [2.75, 3.05) is 0 Å². The summed E-state index contributed by atoms with van der Waals surface area (Å²) >= 11 is 0. The van der Waals surface area contributed by atoms with E-state index in [0.29, 0.717) is 6.42 Å². The van der Waals surface area contributed by atoms with E-state index in [9.17, 15) is 4.79 Å². The molecule has 1 aromatic rings. The number of carbonyl (C=O) groups is 1. The highest BCUT2D eigenvalue weighted by atomic mass is 16.5. The van der Waals surface area contributed by atoms with E-state index in [4.69, 9.17) is 4.74 Å². The minimum atomic E-state index is -0.107. The number of hydrogen-bond acceptors (Lipinski definition) is 2. The zero-order valence-corrected chi connectivity index (χ0v) is 9.90. The molecular weight excluding hydrogens is 200 g/mol. The topological polar surface area (TPSA) is 26.3 Å². The molecule has 2 rings (SSSR count). The van der Waals surface area contributed by atoms with Crippen molar-refractivity contribution < 1.29 is 9.53 Å². The summed E-state index contributed by atoms with van der Waals surface area (Å²) in [7, 11) is 0. The third-order valence-electron chi connectivity index (χ3n) is 3.39. The molecular formula is C14H18O2. The van der Waals surface area contributed by atoms with Crippen LogP contribution in [0.15, 0.2) is 30.3 Å². The van der Waals surface area contributed by atoms with Gasteiger partial charge >= 0.3 is 5.97 Å². The molecule has 0 radical (unpaired) electrons. The van der Waals surface area contributed by atoms with Gasteiger partial charge in [-0.05, 0) is 18.4 Å². The van der Waals surface area contributed by atoms with Crippen LogP contribution in [0.4, 0.5) is 0 Å². The van der Waals surface area contributed by atoms with Gasteiger partial charge in [0, 0.05) is 5.41 Å². The minimum Gasteiger partial charge on any atom is -0.462 e. The first-order valence-electron chi connectivity index (χ1n) is 5.81. The highest BCUT2D eigenvalue weighted by molar-refractivity contribution is 5.72. The van der Waals surface area contributed by atoms with Gasteiger partial charge in [0.1, 0.15) is 6.10 Å². The molecule has 0 amide bonds. The van der Waals surface area contributed by atoms with Crippen LogP contribution >= 0.6 is 0 Å². The Morgan fingerprint density at radius 2 is 2.06 bits per heavy atom. The molecule has 0 spiro atoms. The van der Waals surface area contributed by atoms with Crippen LogP contribution < -0.4 is 0 Å². The monoisotopic (exact) mass is 218 g/mol. The second-order valence-corrected chi connectivity index (χ2v) is 5.17. The molecule has 0 aromatic heterocycles. The summed E-state index contributed by atoms with van der Waals surface area (Å²) in [5, 5.41) is 0. The van der Waals surface area contributed by atoms with Crippen molar-refractivity contribution in [3.05, 3.63) is 35.9 Å². The molecule has 1 fully saturated rings. The van der Waals surface area contributed by atoms with Crippen molar-refractivity contribution >= 4 is 5.97 Å². The first kappa shape index (κ1) is 11.2. The van der Waals surface area contributed by atoms with Crippen molar-refractivity contribution in [2.24, 2.45) is 5.41 Å². The minimum absolute atomic E-state index is 0.107. The molecule has 1 aliphatic rings. The normalized spacial score (nSPS) is 22.2. The Morgan fingerprint density at radius 1 is 1.38 bits per heavy atom. The first-order chi connectivity index (χ1) is 7.58. The van der Waals surface area contributed by atoms with Crippen LogP contribution in [0.1, 0.15) is 32.3 Å². The molecule has 0 saturated heterocycles. The number of rotatable bonds is 3. The number of esters is 1. The SMILES string of the molecule is CC1(C)CCC1OC(=O)Cc1ccccc1. The van der Waals surface area contributed by atoms with Gasteiger partial charge in [-0.15, -0.1) is 0 Å². The van der Waals surface area contributed by atoms with Crippen molar-refractivity contribution in [3.8, 4) is 0 Å². The van der Waals surface area contributed by atoms with Crippen molar-refractivity contribution in [2.45, 2.75) is 39.2 Å². The van der Waals surface area contributed by atoms with Gasteiger partial charge < -0.3 is 4.74 Å². The van der Waals surface area contributed by atoms with Crippen LogP contribution in [0.5, 0.6) is 0 Å². The number of ether oxygens (including phenoxy) is 1. The van der Waals surface area contributed by atoms with Crippen LogP contribution in [-0.4, -0.2) is 12.1 Å². The van der Waals surface area contributed by atoms with Gasteiger partial charge in [0.15, 0.2) is 0 Å². The second-order valence-electron chi connectivity index (χ2n) is 5.17. The molecule has 0 bridgehead atoms. The fourth-order valence-electron chi connectivity index (χ4n) is 2.02. The maximum Gasteiger partial charge on any atom is 0.310 e. The Hall–Kier alpha value is -1.31. The summed E-state index contributed by atoms with van der Waals surface area (Å²) in [4.78, 5) is 11.7. The highest BCUT2D eigenvalue weighted by Gasteiger charge is 2.41. The summed E-state index contributed by atoms with van der Waals surface area (Å²) in [5.41, 5.74) is 1.19. The largest absolute Gasteiger partial charge is 0.462 e. The number of carbonyl (C=O) groups excluding carboxylic acids is 1. The van der Waals surface area contributed by atoms with Crippen molar-refractivity contribution in [1.82, 2.24) is 0 Å². The summed E-state index contributed by atoms with van der Waals surface area (Å²) in [6.07, 6.45) is 2.65. The summed E-state index contributed by atoms with van der Waals surface area (Å²) in [6.45, 7) is 4.30. The van der Waals surface area contributed by atoms with Crippen LogP contribution in [-0.2, 0) is 16.0 Å². The molecule has 0 aliphatic heterocycles. The predicted molar refractivity (Wildman–Crippen MR) is 63.0 cm³/mol. The van der Waals surface area contributed by atoms with Gasteiger partial charge in [0.2, 0.25) is 0 Å². The first-order valence-corrected chi connectivity index (χ1v) is 5.81. The summed E-state index contributed by atoms with van der Waals surface area (Å²) in [6, 6.07) is 9.73. The zero-order chi connectivity index (χ0) is 11.6. The van der Waals surface area contributed by atoms with E-state index in [2.05, 4.69) is 13.8 Å². The van der Waals surface area contributed by atoms with E-state index in [1.807, 2.05) is 30.3 Å². The Bertz CT molecular complexity index is 368. The Balaban J connectivity index is 1.86. The van der Waals surface area contributed by atoms with Gasteiger partial charge in [-0.25, -0.2) is 0 Å². The van der Waals surface area contributed by atoms with Gasteiger partial charge in [-0.2, -0.15) is 0 Å². The average molecular weight is 218 g/mol. The lowest BCUT2D eigenvalue weighted by Gasteiger charge is -2.43. The molecule has 16 heavy (non-hydrogen) atoms. The van der Waals surface area contributed by atoms with Crippen LogP contribution in [0.3, 0.4) is 0 Å². The quantitative estimate of drug-likeness (QED) is 0.729. The number of benzene rings is 1. The maximum absolute atomic E-state index is 11.7. The van der Waals surface area contributed by atoms with E-state index in [1.165, 1.54) is 0 Å². The van der Waals surface area contributed by atoms with Gasteiger partial charge in [-0.3, -0.25) is 4.79 Å². The fraction of sp³-hybridized carbons (Fsp3) is 0.500. The van der Waals surface area contributed by atoms with Gasteiger partial charge in [0.05, 0.1) is 6.42 Å². The molecule has 0 heterocycles. The van der Waals surface area contributed by atoms with E-state index < -0.39 is 0 Å². The molecule has 1 unspecified atom stereocenters. The predicted octanol–water partition coefficient (Wildman–Crippen LogP) is 2.96. The Labute approximate surface area is 96.6 Å². The van der Waals surface area contributed by atoms with E-state index in [1.54, 1.807) is 0 Å². The smallest absolute Gasteiger partial charge is 0.310 e. The van der Waals surface area contributed by atoms with Crippen LogP contribution in [0.2, 0.25) is 0 Å². The van der Waals surface area contributed by atoms with Crippen LogP contribution in [0, 0.1) is 5.41 Å². The van der Waals surface area contributed by atoms with Gasteiger partial charge in [0.25, 0.3) is 0 Å². The zero-order valence-electron chi connectivity index (χ0n) is 9.90. The lowest BCUT2D eigenvalue weighted by molar-refractivity contribution is -0.164. The van der Waals surface area contributed by atoms with Crippen molar-refractivity contribution in [3.63, 3.8) is 0 Å². The number of hydrogen-bond donors (Lipinski definition) is 0. The molecule has 1 saturated carbocycles. The summed E-state index contributed by atoms with van der Waals surface area (Å²) < 4.78 is 5.47. The Kier molecular flexibility index (Phi) is 2.99. The van der Waals surface area contributed by atoms with Gasteiger partial charge in [-0.1, -0.05) is 44.2 Å². The van der Waals surface area contributed by atoms with Crippen LogP contribution in [0.25, 0.3) is 0 Å². The van der Waals surface area contributed by atoms with E-state index in [-0.39, 0.29) is 17.5 Å². The Morgan fingerprint density at radius 3 is 2.56 bits per heavy atom. The second kappa shape index (κ2) is 4.28. The molecule has 1 aromatic carbocycles. The molecule has 0 N–H and O–H groups in total.